The summed E-state index contributed by atoms with van der Waals surface area (Å²) in [6.07, 6.45) is 1.91. The van der Waals surface area contributed by atoms with E-state index in [0.29, 0.717) is 32.4 Å². The van der Waals surface area contributed by atoms with Crippen molar-refractivity contribution in [2.24, 2.45) is 5.92 Å². The Bertz CT molecular complexity index is 802. The predicted octanol–water partition coefficient (Wildman–Crippen LogP) is 0.293. The fraction of sp³-hybridized carbons (Fsp3) is 0.783. The molecule has 0 saturated carbocycles. The summed E-state index contributed by atoms with van der Waals surface area (Å²) in [6.45, 7) is 6.26. The van der Waals surface area contributed by atoms with Gasteiger partial charge in [0.05, 0.1) is 12.3 Å². The lowest BCUT2D eigenvalue weighted by molar-refractivity contribution is -0.160. The molecule has 0 aromatic carbocycles. The van der Waals surface area contributed by atoms with Crippen LogP contribution in [0.5, 0.6) is 0 Å². The summed E-state index contributed by atoms with van der Waals surface area (Å²) in [5, 5.41) is 2.78. The molecule has 3 aliphatic heterocycles. The first kappa shape index (κ1) is 25.0. The summed E-state index contributed by atoms with van der Waals surface area (Å²) in [4.78, 5) is 68.9. The van der Waals surface area contributed by atoms with Crippen LogP contribution in [0.2, 0.25) is 0 Å². The third kappa shape index (κ3) is 5.65. The minimum atomic E-state index is -0.679. The van der Waals surface area contributed by atoms with Crippen LogP contribution >= 0.6 is 0 Å². The molecule has 3 heterocycles. The lowest BCUT2D eigenvalue weighted by Crippen LogP contribution is -2.51. The first-order valence-electron chi connectivity index (χ1n) is 11.9. The highest BCUT2D eigenvalue weighted by Gasteiger charge is 2.40. The maximum atomic E-state index is 13.1. The number of nitrogens with one attached hydrogen (secondary N) is 1. The molecule has 0 spiro atoms. The van der Waals surface area contributed by atoms with E-state index in [2.05, 4.69) is 5.32 Å². The highest BCUT2D eigenvalue weighted by atomic mass is 16.5. The minimum absolute atomic E-state index is 0.0196. The van der Waals surface area contributed by atoms with Crippen molar-refractivity contribution < 1.29 is 28.7 Å². The lowest BCUT2D eigenvalue weighted by atomic mass is 10.1. The molecule has 0 aromatic heterocycles. The van der Waals surface area contributed by atoms with E-state index in [1.54, 1.807) is 32.7 Å². The van der Waals surface area contributed by atoms with Gasteiger partial charge in [0.1, 0.15) is 18.2 Å². The van der Waals surface area contributed by atoms with Crippen LogP contribution in [0.15, 0.2) is 0 Å². The Morgan fingerprint density at radius 2 is 1.48 bits per heavy atom. The highest BCUT2D eigenvalue weighted by Crippen LogP contribution is 2.24. The van der Waals surface area contributed by atoms with Crippen molar-refractivity contribution in [2.75, 3.05) is 26.7 Å². The van der Waals surface area contributed by atoms with Crippen LogP contribution in [0.3, 0.4) is 0 Å². The minimum Gasteiger partial charge on any atom is -0.461 e. The summed E-state index contributed by atoms with van der Waals surface area (Å²) in [5.74, 6) is -1.91. The number of carbonyl (C=O) groups excluding carboxylic acids is 5. The number of nitrogens with zero attached hydrogens (tertiary/aromatic N) is 3. The second-order valence-corrected chi connectivity index (χ2v) is 9.59. The summed E-state index contributed by atoms with van der Waals surface area (Å²) >= 11 is 0. The molecule has 0 aromatic rings. The zero-order valence-corrected chi connectivity index (χ0v) is 20.0. The van der Waals surface area contributed by atoms with E-state index in [-0.39, 0.29) is 49.1 Å². The molecule has 4 amide bonds. The van der Waals surface area contributed by atoms with E-state index in [4.69, 9.17) is 4.74 Å². The zero-order valence-electron chi connectivity index (χ0n) is 20.0. The molecule has 10 nitrogen and oxygen atoms in total. The van der Waals surface area contributed by atoms with Gasteiger partial charge in [0.2, 0.25) is 23.6 Å². The molecule has 5 unspecified atom stereocenters. The van der Waals surface area contributed by atoms with Gasteiger partial charge in [-0.2, -0.15) is 0 Å². The molecule has 10 heteroatoms. The monoisotopic (exact) mass is 464 g/mol. The molecule has 3 rings (SSSR count). The maximum Gasteiger partial charge on any atom is 0.329 e. The average Bonchev–Trinajstić information content (AvgIpc) is 3.44. The summed E-state index contributed by atoms with van der Waals surface area (Å²) in [5.41, 5.74) is 0. The van der Waals surface area contributed by atoms with Crippen molar-refractivity contribution in [3.8, 4) is 0 Å². The number of rotatable bonds is 0. The van der Waals surface area contributed by atoms with Gasteiger partial charge in [-0.3, -0.25) is 19.2 Å². The summed E-state index contributed by atoms with van der Waals surface area (Å²) < 4.78 is 5.55. The van der Waals surface area contributed by atoms with Gasteiger partial charge in [-0.1, -0.05) is 6.92 Å². The Labute approximate surface area is 195 Å². The number of fused-ring (bicyclic) bond motifs is 2. The van der Waals surface area contributed by atoms with Crippen molar-refractivity contribution in [3.05, 3.63) is 0 Å². The number of likely N-dealkylation sites (N-methyl/N-ethyl adjacent to an activating group) is 1. The zero-order chi connectivity index (χ0) is 24.3. The van der Waals surface area contributed by atoms with Gasteiger partial charge in [-0.25, -0.2) is 4.79 Å². The molecule has 3 aliphatic rings. The second kappa shape index (κ2) is 10.5. The number of cyclic esters (lactones) is 1. The van der Waals surface area contributed by atoms with Crippen LogP contribution in [0.25, 0.3) is 0 Å². The van der Waals surface area contributed by atoms with Crippen molar-refractivity contribution in [1.82, 2.24) is 20.0 Å². The molecule has 184 valence electrons. The second-order valence-electron chi connectivity index (χ2n) is 9.59. The quantitative estimate of drug-likeness (QED) is 0.515. The Kier molecular flexibility index (Phi) is 7.97. The maximum absolute atomic E-state index is 13.1. The van der Waals surface area contributed by atoms with Crippen LogP contribution in [-0.2, 0) is 28.7 Å². The van der Waals surface area contributed by atoms with Crippen molar-refractivity contribution >= 4 is 29.6 Å². The van der Waals surface area contributed by atoms with Crippen molar-refractivity contribution in [1.29, 1.82) is 0 Å². The van der Waals surface area contributed by atoms with E-state index in [1.807, 2.05) is 0 Å². The van der Waals surface area contributed by atoms with E-state index in [0.717, 1.165) is 6.42 Å². The molecule has 1 N–H and O–H groups in total. The van der Waals surface area contributed by atoms with Crippen LogP contribution in [-0.4, -0.2) is 95.2 Å². The Hall–Kier alpha value is -2.65. The van der Waals surface area contributed by atoms with E-state index in [1.165, 1.54) is 9.80 Å². The highest BCUT2D eigenvalue weighted by molar-refractivity contribution is 5.90. The first-order valence-corrected chi connectivity index (χ1v) is 11.9. The number of hydrogen-bond donors (Lipinski definition) is 1. The fourth-order valence-electron chi connectivity index (χ4n) is 4.85. The number of hydrogen-bond acceptors (Lipinski definition) is 6. The van der Waals surface area contributed by atoms with Crippen molar-refractivity contribution in [2.45, 2.75) is 83.5 Å². The standard InChI is InChI=1S/C23H36N4O6/c1-14-13-24-19(28)11-15(2)25(4)22(31)17-7-5-9-26(17)20(29)12-16(3)33-23(32)18-8-6-10-27(18)21(14)30/h14-18H,5-13H2,1-4H3,(H,24,28). The number of amides is 4. The topological polar surface area (TPSA) is 116 Å². The molecule has 33 heavy (non-hydrogen) atoms. The van der Waals surface area contributed by atoms with E-state index >= 15 is 0 Å². The molecular formula is C23H36N4O6. The Balaban J connectivity index is 1.81. The molecule has 0 bridgehead atoms. The predicted molar refractivity (Wildman–Crippen MR) is 119 cm³/mol. The lowest BCUT2D eigenvalue weighted by Gasteiger charge is -2.32. The Morgan fingerprint density at radius 1 is 0.848 bits per heavy atom. The van der Waals surface area contributed by atoms with Gasteiger partial charge < -0.3 is 24.8 Å². The van der Waals surface area contributed by atoms with Crippen molar-refractivity contribution in [3.63, 3.8) is 0 Å². The van der Waals surface area contributed by atoms with E-state index < -0.39 is 30.1 Å². The largest absolute Gasteiger partial charge is 0.461 e. The van der Waals surface area contributed by atoms with Crippen LogP contribution in [0.4, 0.5) is 0 Å². The normalized spacial score (nSPS) is 33.3. The molecule has 0 aliphatic carbocycles. The molecule has 5 atom stereocenters. The fourth-order valence-corrected chi connectivity index (χ4v) is 4.85. The molecule has 3 saturated heterocycles. The third-order valence-corrected chi connectivity index (χ3v) is 6.96. The van der Waals surface area contributed by atoms with Gasteiger partial charge in [0, 0.05) is 39.1 Å². The Morgan fingerprint density at radius 3 is 2.18 bits per heavy atom. The molecular weight excluding hydrogens is 428 g/mol. The van der Waals surface area contributed by atoms with Gasteiger partial charge in [-0.05, 0) is 39.5 Å². The van der Waals surface area contributed by atoms with Gasteiger partial charge in [0.25, 0.3) is 0 Å². The number of carbonyl (C=O) groups is 5. The SMILES string of the molecule is CC1CC(=O)N2CCCC2C(=O)N(C)C(C)CC(=O)NCC(C)C(=O)N2CCCC2C(=O)O1. The third-order valence-electron chi connectivity index (χ3n) is 6.96. The van der Waals surface area contributed by atoms with Crippen LogP contribution in [0, 0.1) is 5.92 Å². The van der Waals surface area contributed by atoms with Crippen LogP contribution < -0.4 is 5.32 Å². The van der Waals surface area contributed by atoms with E-state index in [9.17, 15) is 24.0 Å². The molecule has 3 fully saturated rings. The number of ether oxygens (including phenoxy) is 1. The van der Waals surface area contributed by atoms with Gasteiger partial charge in [-0.15, -0.1) is 0 Å². The number of esters is 1. The summed E-state index contributed by atoms with van der Waals surface area (Å²) in [6, 6.07) is -1.61. The summed E-state index contributed by atoms with van der Waals surface area (Å²) in [7, 11) is 1.64. The smallest absolute Gasteiger partial charge is 0.329 e. The van der Waals surface area contributed by atoms with Gasteiger partial charge in [0.15, 0.2) is 0 Å². The first-order chi connectivity index (χ1) is 15.6. The average molecular weight is 465 g/mol. The van der Waals surface area contributed by atoms with Gasteiger partial charge >= 0.3 is 5.97 Å². The van der Waals surface area contributed by atoms with Crippen LogP contribution in [0.1, 0.15) is 59.3 Å². The molecule has 0 radical (unpaired) electrons.